The molecule has 106 valence electrons. The Hall–Kier alpha value is -0.860. The third kappa shape index (κ3) is 3.80. The summed E-state index contributed by atoms with van der Waals surface area (Å²) in [6, 6.07) is 9.16. The summed E-state index contributed by atoms with van der Waals surface area (Å²) in [5.74, 6) is 0.789. The maximum absolute atomic E-state index is 6.05. The number of hydrogen-bond acceptors (Lipinski definition) is 2. The van der Waals surface area contributed by atoms with Crippen LogP contribution in [0.3, 0.4) is 0 Å². The van der Waals surface area contributed by atoms with E-state index >= 15 is 0 Å². The van der Waals surface area contributed by atoms with Crippen LogP contribution in [-0.4, -0.2) is 19.7 Å². The van der Waals surface area contributed by atoms with Gasteiger partial charge in [-0.05, 0) is 36.9 Å². The molecule has 1 heterocycles. The highest BCUT2D eigenvalue weighted by Gasteiger charge is 2.27. The van der Waals surface area contributed by atoms with Gasteiger partial charge in [0.1, 0.15) is 0 Å². The lowest BCUT2D eigenvalue weighted by molar-refractivity contribution is 0.0144. The molecule has 0 bridgehead atoms. The molecule has 2 heteroatoms. The van der Waals surface area contributed by atoms with E-state index in [1.807, 2.05) is 0 Å². The molecule has 2 nitrogen and oxygen atoms in total. The van der Waals surface area contributed by atoms with E-state index < -0.39 is 0 Å². The van der Waals surface area contributed by atoms with Crippen molar-refractivity contribution in [2.24, 2.45) is 5.92 Å². The lowest BCUT2D eigenvalue weighted by atomic mass is 9.90. The Morgan fingerprint density at radius 1 is 1.26 bits per heavy atom. The van der Waals surface area contributed by atoms with Crippen molar-refractivity contribution in [1.29, 1.82) is 0 Å². The molecule has 1 N–H and O–H groups in total. The van der Waals surface area contributed by atoms with Gasteiger partial charge in [0.25, 0.3) is 0 Å². The van der Waals surface area contributed by atoms with E-state index in [4.69, 9.17) is 4.74 Å². The maximum Gasteiger partial charge on any atom is 0.0980 e. The average molecular weight is 261 g/mol. The Kier molecular flexibility index (Phi) is 5.41. The molecular formula is C17H27NO. The lowest BCUT2D eigenvalue weighted by Gasteiger charge is -2.32. The first-order valence-electron chi connectivity index (χ1n) is 7.59. The van der Waals surface area contributed by atoms with E-state index in [1.165, 1.54) is 30.4 Å². The van der Waals surface area contributed by atoms with Gasteiger partial charge in [-0.1, -0.05) is 51.0 Å². The van der Waals surface area contributed by atoms with Gasteiger partial charge in [0.15, 0.2) is 0 Å². The Labute approximate surface area is 117 Å². The quantitative estimate of drug-likeness (QED) is 0.843. The van der Waals surface area contributed by atoms with Gasteiger partial charge in [-0.3, -0.25) is 0 Å². The van der Waals surface area contributed by atoms with Crippen LogP contribution in [0.25, 0.3) is 0 Å². The molecule has 2 atom stereocenters. The molecule has 0 saturated heterocycles. The van der Waals surface area contributed by atoms with E-state index in [1.54, 1.807) is 0 Å². The predicted molar refractivity (Wildman–Crippen MR) is 80.4 cm³/mol. The highest BCUT2D eigenvalue weighted by atomic mass is 16.5. The van der Waals surface area contributed by atoms with Gasteiger partial charge in [0.05, 0.1) is 12.7 Å². The highest BCUT2D eigenvalue weighted by molar-refractivity contribution is 5.31. The lowest BCUT2D eigenvalue weighted by Crippen LogP contribution is -2.36. The zero-order valence-electron chi connectivity index (χ0n) is 12.5. The Bertz CT molecular complexity index is 389. The van der Waals surface area contributed by atoms with Gasteiger partial charge in [0, 0.05) is 6.04 Å². The van der Waals surface area contributed by atoms with Crippen molar-refractivity contribution in [1.82, 2.24) is 5.32 Å². The first kappa shape index (κ1) is 14.5. The Balaban J connectivity index is 2.03. The van der Waals surface area contributed by atoms with Gasteiger partial charge >= 0.3 is 0 Å². The van der Waals surface area contributed by atoms with Crippen LogP contribution in [0.1, 0.15) is 50.3 Å². The molecule has 0 aromatic heterocycles. The molecule has 0 radical (unpaired) electrons. The molecule has 1 aromatic rings. The van der Waals surface area contributed by atoms with Crippen LogP contribution in [0.15, 0.2) is 24.3 Å². The van der Waals surface area contributed by atoms with E-state index in [0.29, 0.717) is 6.04 Å². The Morgan fingerprint density at radius 3 is 2.79 bits per heavy atom. The molecular weight excluding hydrogens is 234 g/mol. The molecule has 1 aromatic carbocycles. The molecule has 1 aliphatic heterocycles. The van der Waals surface area contributed by atoms with Crippen molar-refractivity contribution < 1.29 is 4.74 Å². The smallest absolute Gasteiger partial charge is 0.0980 e. The SMILES string of the molecule is CNC(CCCC(C)C)C1OCCc2ccccc21. The summed E-state index contributed by atoms with van der Waals surface area (Å²) in [7, 11) is 2.06. The van der Waals surface area contributed by atoms with Crippen LogP contribution in [0.4, 0.5) is 0 Å². The van der Waals surface area contributed by atoms with Crippen molar-refractivity contribution in [3.63, 3.8) is 0 Å². The first-order chi connectivity index (χ1) is 9.22. The molecule has 0 fully saturated rings. The van der Waals surface area contributed by atoms with Crippen molar-refractivity contribution in [3.05, 3.63) is 35.4 Å². The molecule has 2 unspecified atom stereocenters. The summed E-state index contributed by atoms with van der Waals surface area (Å²) in [6.07, 6.45) is 5.03. The van der Waals surface area contributed by atoms with Crippen molar-refractivity contribution >= 4 is 0 Å². The summed E-state index contributed by atoms with van der Waals surface area (Å²) in [5.41, 5.74) is 2.85. The van der Waals surface area contributed by atoms with Crippen LogP contribution in [0.5, 0.6) is 0 Å². The fourth-order valence-electron chi connectivity index (χ4n) is 2.95. The maximum atomic E-state index is 6.05. The van der Waals surface area contributed by atoms with Gasteiger partial charge in [0.2, 0.25) is 0 Å². The number of benzene rings is 1. The minimum absolute atomic E-state index is 0.224. The van der Waals surface area contributed by atoms with Crippen LogP contribution in [0.2, 0.25) is 0 Å². The minimum Gasteiger partial charge on any atom is -0.372 e. The third-order valence-electron chi connectivity index (χ3n) is 4.06. The van der Waals surface area contributed by atoms with Crippen molar-refractivity contribution in [2.75, 3.05) is 13.7 Å². The molecule has 0 amide bonds. The monoisotopic (exact) mass is 261 g/mol. The number of ether oxygens (including phenoxy) is 1. The van der Waals surface area contributed by atoms with Crippen molar-refractivity contribution in [2.45, 2.75) is 51.7 Å². The molecule has 0 aliphatic carbocycles. The van der Waals surface area contributed by atoms with E-state index in [2.05, 4.69) is 50.5 Å². The fraction of sp³-hybridized carbons (Fsp3) is 0.647. The summed E-state index contributed by atoms with van der Waals surface area (Å²) in [4.78, 5) is 0. The molecule has 19 heavy (non-hydrogen) atoms. The second kappa shape index (κ2) is 7.06. The predicted octanol–water partition coefficient (Wildman–Crippen LogP) is 3.71. The average Bonchev–Trinajstić information content (AvgIpc) is 2.43. The summed E-state index contributed by atoms with van der Waals surface area (Å²) >= 11 is 0. The van der Waals surface area contributed by atoms with E-state index in [9.17, 15) is 0 Å². The summed E-state index contributed by atoms with van der Waals surface area (Å²) < 4.78 is 6.05. The molecule has 2 rings (SSSR count). The second-order valence-electron chi connectivity index (χ2n) is 5.96. The number of rotatable bonds is 6. The molecule has 0 saturated carbocycles. The molecule has 0 spiro atoms. The van der Waals surface area contributed by atoms with Gasteiger partial charge in [-0.15, -0.1) is 0 Å². The minimum atomic E-state index is 0.224. The van der Waals surface area contributed by atoms with Crippen LogP contribution >= 0.6 is 0 Å². The Morgan fingerprint density at radius 2 is 2.05 bits per heavy atom. The second-order valence-corrected chi connectivity index (χ2v) is 5.96. The first-order valence-corrected chi connectivity index (χ1v) is 7.59. The molecule has 1 aliphatic rings. The number of likely N-dealkylation sites (N-methyl/N-ethyl adjacent to an activating group) is 1. The normalized spacial score (nSPS) is 20.3. The zero-order chi connectivity index (χ0) is 13.7. The highest BCUT2D eigenvalue weighted by Crippen LogP contribution is 2.31. The number of fused-ring (bicyclic) bond motifs is 1. The topological polar surface area (TPSA) is 21.3 Å². The van der Waals surface area contributed by atoms with Gasteiger partial charge in [-0.25, -0.2) is 0 Å². The number of nitrogens with one attached hydrogen (secondary N) is 1. The van der Waals surface area contributed by atoms with Gasteiger partial charge < -0.3 is 10.1 Å². The largest absolute Gasteiger partial charge is 0.372 e. The fourth-order valence-corrected chi connectivity index (χ4v) is 2.95. The van der Waals surface area contributed by atoms with Crippen molar-refractivity contribution in [3.8, 4) is 0 Å². The number of hydrogen-bond donors (Lipinski definition) is 1. The standard InChI is InChI=1S/C17H27NO/c1-13(2)7-6-10-16(18-3)17-15-9-5-4-8-14(15)11-12-19-17/h4-5,8-9,13,16-18H,6-7,10-12H2,1-3H3. The van der Waals surface area contributed by atoms with E-state index in [-0.39, 0.29) is 6.10 Å². The summed E-state index contributed by atoms with van der Waals surface area (Å²) in [6.45, 7) is 5.44. The zero-order valence-corrected chi connectivity index (χ0v) is 12.5. The van der Waals surface area contributed by atoms with Crippen LogP contribution < -0.4 is 5.32 Å². The third-order valence-corrected chi connectivity index (χ3v) is 4.06. The van der Waals surface area contributed by atoms with Crippen LogP contribution in [-0.2, 0) is 11.2 Å². The van der Waals surface area contributed by atoms with E-state index in [0.717, 1.165) is 18.9 Å². The summed E-state index contributed by atoms with van der Waals surface area (Å²) in [5, 5.41) is 3.46. The van der Waals surface area contributed by atoms with Gasteiger partial charge in [-0.2, -0.15) is 0 Å². The van der Waals surface area contributed by atoms with Crippen LogP contribution in [0, 0.1) is 5.92 Å².